The van der Waals surface area contributed by atoms with Crippen LogP contribution in [0.5, 0.6) is 0 Å². The minimum Gasteiger partial charge on any atom is -0.383 e. The van der Waals surface area contributed by atoms with Gasteiger partial charge in [-0.3, -0.25) is 9.55 Å². The van der Waals surface area contributed by atoms with Crippen LogP contribution in [0.1, 0.15) is 31.3 Å². The van der Waals surface area contributed by atoms with Gasteiger partial charge in [0, 0.05) is 12.4 Å². The lowest BCUT2D eigenvalue weighted by atomic mass is 10.1. The summed E-state index contributed by atoms with van der Waals surface area (Å²) in [5.74, 6) is 1.97. The number of aromatic nitrogens is 3. The summed E-state index contributed by atoms with van der Waals surface area (Å²) in [6.45, 7) is 6.15. The number of imidazole rings is 1. The molecule has 0 unspecified atom stereocenters. The van der Waals surface area contributed by atoms with E-state index in [1.165, 1.54) is 0 Å². The van der Waals surface area contributed by atoms with Crippen molar-refractivity contribution in [3.63, 3.8) is 0 Å². The van der Waals surface area contributed by atoms with Crippen LogP contribution >= 0.6 is 0 Å². The Bertz CT molecular complexity index is 485. The van der Waals surface area contributed by atoms with Gasteiger partial charge < -0.3 is 5.73 Å². The quantitative estimate of drug-likeness (QED) is 0.837. The molecule has 0 aliphatic carbocycles. The van der Waals surface area contributed by atoms with Crippen LogP contribution in [-0.2, 0) is 0 Å². The summed E-state index contributed by atoms with van der Waals surface area (Å²) in [4.78, 5) is 8.50. The van der Waals surface area contributed by atoms with E-state index in [0.29, 0.717) is 5.92 Å². The Morgan fingerprint density at radius 2 is 1.88 bits per heavy atom. The van der Waals surface area contributed by atoms with E-state index in [1.807, 2.05) is 23.6 Å². The van der Waals surface area contributed by atoms with Gasteiger partial charge in [0.2, 0.25) is 0 Å². The van der Waals surface area contributed by atoms with E-state index < -0.39 is 0 Å². The Hall–Kier alpha value is -1.84. The number of nitrogens with two attached hydrogens (primary N) is 1. The zero-order valence-corrected chi connectivity index (χ0v) is 9.81. The molecule has 16 heavy (non-hydrogen) atoms. The van der Waals surface area contributed by atoms with Gasteiger partial charge in [0.05, 0.1) is 11.4 Å². The van der Waals surface area contributed by atoms with Crippen LogP contribution in [0.2, 0.25) is 0 Å². The maximum Gasteiger partial charge on any atom is 0.131 e. The molecule has 0 fully saturated rings. The Labute approximate surface area is 95.1 Å². The molecule has 2 aromatic heterocycles. The molecule has 0 amide bonds. The van der Waals surface area contributed by atoms with E-state index in [0.717, 1.165) is 23.0 Å². The second-order valence-corrected chi connectivity index (χ2v) is 4.13. The van der Waals surface area contributed by atoms with Gasteiger partial charge in [-0.1, -0.05) is 13.8 Å². The molecule has 4 heteroatoms. The number of nitrogens with zero attached hydrogens (tertiary/aromatic N) is 3. The molecule has 2 aromatic rings. The van der Waals surface area contributed by atoms with Crippen LogP contribution in [0.4, 0.5) is 5.82 Å². The van der Waals surface area contributed by atoms with E-state index in [9.17, 15) is 0 Å². The van der Waals surface area contributed by atoms with Gasteiger partial charge in [0.1, 0.15) is 11.6 Å². The lowest BCUT2D eigenvalue weighted by molar-refractivity contribution is 0.831. The fraction of sp³-hybridized carbons (Fsp3) is 0.333. The Morgan fingerprint density at radius 3 is 2.38 bits per heavy atom. The molecule has 0 bridgehead atoms. The van der Waals surface area contributed by atoms with Crippen LogP contribution in [0.15, 0.2) is 24.5 Å². The minimum absolute atomic E-state index is 0.335. The van der Waals surface area contributed by atoms with Crippen molar-refractivity contribution in [1.29, 1.82) is 0 Å². The molecule has 0 spiro atoms. The maximum atomic E-state index is 6.12. The van der Waals surface area contributed by atoms with E-state index in [-0.39, 0.29) is 0 Å². The van der Waals surface area contributed by atoms with Gasteiger partial charge in [-0.25, -0.2) is 4.98 Å². The van der Waals surface area contributed by atoms with E-state index in [1.54, 1.807) is 12.4 Å². The molecule has 0 atom stereocenters. The molecular formula is C12H16N4. The Morgan fingerprint density at radius 1 is 1.25 bits per heavy atom. The van der Waals surface area contributed by atoms with Gasteiger partial charge in [-0.2, -0.15) is 0 Å². The summed E-state index contributed by atoms with van der Waals surface area (Å²) in [6, 6.07) is 3.85. The lowest BCUT2D eigenvalue weighted by Gasteiger charge is -2.07. The fourth-order valence-corrected chi connectivity index (χ4v) is 1.81. The summed E-state index contributed by atoms with van der Waals surface area (Å²) in [6.07, 6.45) is 3.51. The first-order valence-electron chi connectivity index (χ1n) is 5.36. The van der Waals surface area contributed by atoms with Crippen molar-refractivity contribution < 1.29 is 0 Å². The average Bonchev–Trinajstić information content (AvgIpc) is 2.56. The first-order valence-corrected chi connectivity index (χ1v) is 5.36. The van der Waals surface area contributed by atoms with E-state index >= 15 is 0 Å². The first kappa shape index (κ1) is 10.7. The highest BCUT2D eigenvalue weighted by molar-refractivity contribution is 5.48. The van der Waals surface area contributed by atoms with Crippen molar-refractivity contribution in [2.75, 3.05) is 5.73 Å². The van der Waals surface area contributed by atoms with Crippen molar-refractivity contribution in [3.05, 3.63) is 36.0 Å². The third-order valence-corrected chi connectivity index (χ3v) is 2.58. The summed E-state index contributed by atoms with van der Waals surface area (Å²) < 4.78 is 1.96. The Balaban J connectivity index is 2.58. The SMILES string of the molecule is Cc1nc(C(C)C)c(N)n1-c1ccncc1. The second kappa shape index (κ2) is 3.96. The zero-order valence-electron chi connectivity index (χ0n) is 9.81. The lowest BCUT2D eigenvalue weighted by Crippen LogP contribution is -2.03. The van der Waals surface area contributed by atoms with Crippen molar-refractivity contribution in [3.8, 4) is 5.69 Å². The van der Waals surface area contributed by atoms with Crippen LogP contribution < -0.4 is 5.73 Å². The van der Waals surface area contributed by atoms with Crippen LogP contribution in [0.25, 0.3) is 5.69 Å². The average molecular weight is 216 g/mol. The highest BCUT2D eigenvalue weighted by atomic mass is 15.1. The van der Waals surface area contributed by atoms with Crippen molar-refractivity contribution in [2.45, 2.75) is 26.7 Å². The zero-order chi connectivity index (χ0) is 11.7. The normalized spacial score (nSPS) is 11.0. The number of hydrogen-bond donors (Lipinski definition) is 1. The second-order valence-electron chi connectivity index (χ2n) is 4.13. The van der Waals surface area contributed by atoms with Gasteiger partial charge in [0.15, 0.2) is 0 Å². The molecule has 0 radical (unpaired) electrons. The highest BCUT2D eigenvalue weighted by Crippen LogP contribution is 2.25. The van der Waals surface area contributed by atoms with Gasteiger partial charge in [-0.05, 0) is 25.0 Å². The van der Waals surface area contributed by atoms with Crippen molar-refractivity contribution in [1.82, 2.24) is 14.5 Å². The molecule has 2 heterocycles. The highest BCUT2D eigenvalue weighted by Gasteiger charge is 2.15. The fourth-order valence-electron chi connectivity index (χ4n) is 1.81. The number of pyridine rings is 1. The predicted molar refractivity (Wildman–Crippen MR) is 64.6 cm³/mol. The largest absolute Gasteiger partial charge is 0.383 e. The van der Waals surface area contributed by atoms with Crippen LogP contribution in [0, 0.1) is 6.92 Å². The molecule has 0 aliphatic heterocycles. The van der Waals surface area contributed by atoms with Crippen LogP contribution in [-0.4, -0.2) is 14.5 Å². The molecule has 0 aliphatic rings. The summed E-state index contributed by atoms with van der Waals surface area (Å²) >= 11 is 0. The summed E-state index contributed by atoms with van der Waals surface area (Å²) in [5.41, 5.74) is 8.07. The standard InChI is InChI=1S/C12H16N4/c1-8(2)11-12(13)16(9(3)15-11)10-4-6-14-7-5-10/h4-8H,13H2,1-3H3. The van der Waals surface area contributed by atoms with Gasteiger partial charge in [0.25, 0.3) is 0 Å². The molecular weight excluding hydrogens is 200 g/mol. The van der Waals surface area contributed by atoms with Gasteiger partial charge in [-0.15, -0.1) is 0 Å². The van der Waals surface area contributed by atoms with E-state index in [2.05, 4.69) is 23.8 Å². The molecule has 84 valence electrons. The smallest absolute Gasteiger partial charge is 0.131 e. The topological polar surface area (TPSA) is 56.7 Å². The number of anilines is 1. The third kappa shape index (κ3) is 1.66. The minimum atomic E-state index is 0.335. The van der Waals surface area contributed by atoms with E-state index in [4.69, 9.17) is 5.73 Å². The molecule has 0 saturated heterocycles. The molecule has 4 nitrogen and oxygen atoms in total. The van der Waals surface area contributed by atoms with Crippen molar-refractivity contribution >= 4 is 5.82 Å². The number of rotatable bonds is 2. The Kier molecular flexibility index (Phi) is 2.64. The van der Waals surface area contributed by atoms with Crippen molar-refractivity contribution in [2.24, 2.45) is 0 Å². The first-order chi connectivity index (χ1) is 7.61. The molecule has 2 N–H and O–H groups in total. The number of nitrogen functional groups attached to an aromatic ring is 1. The molecule has 2 rings (SSSR count). The van der Waals surface area contributed by atoms with Gasteiger partial charge >= 0.3 is 0 Å². The number of aryl methyl sites for hydroxylation is 1. The number of hydrogen-bond acceptors (Lipinski definition) is 3. The monoisotopic (exact) mass is 216 g/mol. The predicted octanol–water partition coefficient (Wildman–Crippen LogP) is 2.28. The molecule has 0 aromatic carbocycles. The molecule has 0 saturated carbocycles. The summed E-state index contributed by atoms with van der Waals surface area (Å²) in [7, 11) is 0. The van der Waals surface area contributed by atoms with Crippen LogP contribution in [0.3, 0.4) is 0 Å². The summed E-state index contributed by atoms with van der Waals surface area (Å²) in [5, 5.41) is 0. The maximum absolute atomic E-state index is 6.12. The third-order valence-electron chi connectivity index (χ3n) is 2.58.